The van der Waals surface area contributed by atoms with E-state index >= 15 is 0 Å². The number of hydrogen-bond donors (Lipinski definition) is 1. The van der Waals surface area contributed by atoms with Crippen molar-refractivity contribution < 1.29 is 32.7 Å². The summed E-state index contributed by atoms with van der Waals surface area (Å²) in [5.74, 6) is 0. The average Bonchev–Trinajstić information content (AvgIpc) is 2.59. The summed E-state index contributed by atoms with van der Waals surface area (Å²) in [6, 6.07) is 20.2. The SMILES string of the molecule is C.CC.[Y].[c-]1ccc(Cc2ccc(N3CCNCC3)cc2)cc1. The summed E-state index contributed by atoms with van der Waals surface area (Å²) in [6.45, 7) is 8.38. The molecule has 2 nitrogen and oxygen atoms in total. The van der Waals surface area contributed by atoms with Gasteiger partial charge in [-0.2, -0.15) is 35.9 Å². The number of benzene rings is 2. The van der Waals surface area contributed by atoms with Crippen molar-refractivity contribution in [2.24, 2.45) is 0 Å². The zero-order valence-electron chi connectivity index (χ0n) is 13.7. The van der Waals surface area contributed by atoms with Crippen LogP contribution in [0.3, 0.4) is 0 Å². The Morgan fingerprint density at radius 1 is 0.913 bits per heavy atom. The third-order valence-electron chi connectivity index (χ3n) is 3.61. The molecular formula is C20H29N2Y-. The van der Waals surface area contributed by atoms with E-state index in [9.17, 15) is 0 Å². The zero-order valence-corrected chi connectivity index (χ0v) is 16.5. The predicted octanol–water partition coefficient (Wildman–Crippen LogP) is 4.15. The predicted molar refractivity (Wildman–Crippen MR) is 97.7 cm³/mol. The standard InChI is InChI=1S/C17H19N2.C2H6.CH4.Y/c1-2-4-15(5-3-1)14-16-6-8-17(9-7-16)19-12-10-18-11-13-19;1-2;;/h2-9,18H,10-14H2;1-2H3;1H4;/q-1;;;. The maximum absolute atomic E-state index is 3.38. The van der Waals surface area contributed by atoms with Crippen LogP contribution in [0, 0.1) is 6.07 Å². The largest absolute Gasteiger partial charge is 0.369 e. The van der Waals surface area contributed by atoms with E-state index in [2.05, 4.69) is 52.7 Å². The molecule has 1 saturated heterocycles. The minimum atomic E-state index is 0. The quantitative estimate of drug-likeness (QED) is 0.798. The van der Waals surface area contributed by atoms with Crippen molar-refractivity contribution in [2.75, 3.05) is 31.1 Å². The molecule has 123 valence electrons. The number of rotatable bonds is 3. The second kappa shape index (κ2) is 12.7. The van der Waals surface area contributed by atoms with Crippen LogP contribution in [0.4, 0.5) is 5.69 Å². The fourth-order valence-electron chi connectivity index (χ4n) is 2.52. The van der Waals surface area contributed by atoms with Gasteiger partial charge in [0, 0.05) is 64.6 Å². The van der Waals surface area contributed by atoms with Crippen LogP contribution in [0.1, 0.15) is 32.4 Å². The van der Waals surface area contributed by atoms with Gasteiger partial charge in [-0.1, -0.05) is 33.4 Å². The van der Waals surface area contributed by atoms with Gasteiger partial charge in [0.25, 0.3) is 0 Å². The molecule has 1 aliphatic rings. The van der Waals surface area contributed by atoms with E-state index in [-0.39, 0.29) is 40.1 Å². The van der Waals surface area contributed by atoms with E-state index in [1.807, 2.05) is 26.0 Å². The Morgan fingerprint density at radius 2 is 1.43 bits per heavy atom. The van der Waals surface area contributed by atoms with Gasteiger partial charge in [-0.3, -0.25) is 0 Å². The number of piperazine rings is 1. The molecule has 1 fully saturated rings. The van der Waals surface area contributed by atoms with Gasteiger partial charge in [0.2, 0.25) is 0 Å². The van der Waals surface area contributed by atoms with Gasteiger partial charge in [-0.25, -0.2) is 0 Å². The van der Waals surface area contributed by atoms with Crippen molar-refractivity contribution in [3.8, 4) is 0 Å². The molecule has 0 aromatic heterocycles. The van der Waals surface area contributed by atoms with Crippen LogP contribution >= 0.6 is 0 Å². The van der Waals surface area contributed by atoms with E-state index in [0.29, 0.717) is 0 Å². The summed E-state index contributed by atoms with van der Waals surface area (Å²) in [7, 11) is 0. The van der Waals surface area contributed by atoms with Crippen LogP contribution < -0.4 is 10.2 Å². The van der Waals surface area contributed by atoms with Gasteiger partial charge in [0.15, 0.2) is 0 Å². The third kappa shape index (κ3) is 7.16. The van der Waals surface area contributed by atoms with Gasteiger partial charge >= 0.3 is 0 Å². The normalized spacial score (nSPS) is 13.0. The first-order valence-electron chi connectivity index (χ1n) is 7.91. The molecule has 1 radical (unpaired) electrons. The Kier molecular flexibility index (Phi) is 12.3. The zero-order chi connectivity index (χ0) is 14.9. The van der Waals surface area contributed by atoms with Crippen molar-refractivity contribution in [3.63, 3.8) is 0 Å². The minimum Gasteiger partial charge on any atom is -0.369 e. The molecule has 1 heterocycles. The first-order chi connectivity index (χ1) is 10.4. The van der Waals surface area contributed by atoms with Gasteiger partial charge < -0.3 is 10.2 Å². The summed E-state index contributed by atoms with van der Waals surface area (Å²) in [5, 5.41) is 3.38. The van der Waals surface area contributed by atoms with E-state index < -0.39 is 0 Å². The van der Waals surface area contributed by atoms with Crippen molar-refractivity contribution >= 4 is 5.69 Å². The van der Waals surface area contributed by atoms with E-state index in [1.54, 1.807) is 0 Å². The maximum Gasteiger partial charge on any atom is 0.0367 e. The first-order valence-corrected chi connectivity index (χ1v) is 7.91. The molecule has 0 atom stereocenters. The smallest absolute Gasteiger partial charge is 0.0367 e. The molecule has 3 heteroatoms. The Bertz CT molecular complexity index is 505. The maximum atomic E-state index is 3.38. The molecule has 0 aliphatic carbocycles. The molecule has 2 aromatic rings. The minimum absolute atomic E-state index is 0. The van der Waals surface area contributed by atoms with Crippen LogP contribution in [-0.2, 0) is 39.1 Å². The molecule has 0 unspecified atom stereocenters. The van der Waals surface area contributed by atoms with Crippen LogP contribution in [0.25, 0.3) is 0 Å². The van der Waals surface area contributed by atoms with Crippen molar-refractivity contribution in [1.82, 2.24) is 5.32 Å². The van der Waals surface area contributed by atoms with E-state index in [0.717, 1.165) is 32.6 Å². The fraction of sp³-hybridized carbons (Fsp3) is 0.400. The second-order valence-corrected chi connectivity index (χ2v) is 4.99. The molecule has 0 amide bonds. The summed E-state index contributed by atoms with van der Waals surface area (Å²) < 4.78 is 0. The van der Waals surface area contributed by atoms with Crippen LogP contribution in [0.5, 0.6) is 0 Å². The van der Waals surface area contributed by atoms with E-state index in [1.165, 1.54) is 16.8 Å². The van der Waals surface area contributed by atoms with E-state index in [4.69, 9.17) is 0 Å². The third-order valence-corrected chi connectivity index (χ3v) is 3.61. The Balaban J connectivity index is 0.00000117. The molecule has 0 bridgehead atoms. The summed E-state index contributed by atoms with van der Waals surface area (Å²) in [6.07, 6.45) is 0.997. The summed E-state index contributed by atoms with van der Waals surface area (Å²) >= 11 is 0. The van der Waals surface area contributed by atoms with Crippen molar-refractivity contribution in [1.29, 1.82) is 0 Å². The molecule has 0 spiro atoms. The average molecular weight is 386 g/mol. The monoisotopic (exact) mass is 386 g/mol. The van der Waals surface area contributed by atoms with Crippen LogP contribution in [-0.4, -0.2) is 26.2 Å². The molecule has 0 saturated carbocycles. The molecule has 1 aliphatic heterocycles. The van der Waals surface area contributed by atoms with Gasteiger partial charge in [0.1, 0.15) is 0 Å². The summed E-state index contributed by atoms with van der Waals surface area (Å²) in [4.78, 5) is 2.44. The van der Waals surface area contributed by atoms with Crippen LogP contribution in [0.2, 0.25) is 0 Å². The molecule has 1 N–H and O–H groups in total. The number of anilines is 1. The molecule has 3 rings (SSSR count). The van der Waals surface area contributed by atoms with Crippen molar-refractivity contribution in [3.05, 3.63) is 65.7 Å². The molecular weight excluding hydrogens is 357 g/mol. The van der Waals surface area contributed by atoms with Crippen molar-refractivity contribution in [2.45, 2.75) is 27.7 Å². The molecule has 23 heavy (non-hydrogen) atoms. The fourth-order valence-corrected chi connectivity index (χ4v) is 2.52. The van der Waals surface area contributed by atoms with Crippen LogP contribution in [0.15, 0.2) is 48.5 Å². The second-order valence-electron chi connectivity index (χ2n) is 4.99. The Hall–Kier alpha value is -0.696. The van der Waals surface area contributed by atoms with Gasteiger partial charge in [-0.15, -0.1) is 0 Å². The Morgan fingerprint density at radius 3 is 2.00 bits per heavy atom. The number of nitrogens with one attached hydrogen (secondary N) is 1. The molecule has 2 aromatic carbocycles. The van der Waals surface area contributed by atoms with Gasteiger partial charge in [0.05, 0.1) is 0 Å². The van der Waals surface area contributed by atoms with Gasteiger partial charge in [-0.05, 0) is 24.1 Å². The topological polar surface area (TPSA) is 15.3 Å². The summed E-state index contributed by atoms with van der Waals surface area (Å²) in [5.41, 5.74) is 4.05. The Labute approximate surface area is 167 Å². The number of hydrogen-bond acceptors (Lipinski definition) is 2. The number of nitrogens with zero attached hydrogens (tertiary/aromatic N) is 1. The first kappa shape index (κ1) is 22.3.